The Morgan fingerprint density at radius 3 is 2.68 bits per heavy atom. The van der Waals surface area contributed by atoms with Crippen molar-refractivity contribution < 1.29 is 9.47 Å². The van der Waals surface area contributed by atoms with Crippen LogP contribution in [0.4, 0.5) is 0 Å². The second-order valence-corrected chi connectivity index (χ2v) is 4.87. The Bertz CT molecular complexity index is 341. The van der Waals surface area contributed by atoms with Crippen LogP contribution in [0.1, 0.15) is 31.7 Å². The first-order valence-corrected chi connectivity index (χ1v) is 7.21. The molecule has 0 spiro atoms. The molecule has 0 aliphatic rings. The van der Waals surface area contributed by atoms with E-state index >= 15 is 0 Å². The molecule has 0 heterocycles. The van der Waals surface area contributed by atoms with Crippen LogP contribution in [0.25, 0.3) is 0 Å². The summed E-state index contributed by atoms with van der Waals surface area (Å²) in [5.41, 5.74) is 7.09. The number of hydrogen-bond donors (Lipinski definition) is 1. The zero-order chi connectivity index (χ0) is 13.9. The molecule has 0 aromatic heterocycles. The van der Waals surface area contributed by atoms with Gasteiger partial charge in [-0.15, -0.1) is 0 Å². The van der Waals surface area contributed by atoms with Crippen LogP contribution < -0.4 is 10.5 Å². The fourth-order valence-corrected chi connectivity index (χ4v) is 2.08. The molecule has 0 aliphatic heterocycles. The quantitative estimate of drug-likeness (QED) is 0.661. The van der Waals surface area contributed by atoms with Gasteiger partial charge < -0.3 is 15.2 Å². The predicted octanol–water partition coefficient (Wildman–Crippen LogP) is 3.02. The van der Waals surface area contributed by atoms with Crippen molar-refractivity contribution >= 4 is 0 Å². The maximum Gasteiger partial charge on any atom is 0.122 e. The zero-order valence-corrected chi connectivity index (χ0v) is 12.2. The predicted molar refractivity (Wildman–Crippen MR) is 79.6 cm³/mol. The highest BCUT2D eigenvalue weighted by Crippen LogP contribution is 2.21. The van der Waals surface area contributed by atoms with Gasteiger partial charge in [0.05, 0.1) is 7.11 Å². The molecule has 3 heteroatoms. The fourth-order valence-electron chi connectivity index (χ4n) is 2.08. The van der Waals surface area contributed by atoms with Gasteiger partial charge in [0.15, 0.2) is 0 Å². The topological polar surface area (TPSA) is 44.5 Å². The van der Waals surface area contributed by atoms with Crippen molar-refractivity contribution in [1.29, 1.82) is 0 Å². The average Bonchev–Trinajstić information content (AvgIpc) is 2.46. The standard InChI is InChI=1S/C16H27NO2/c1-3-4-10-19-11-9-14(13-17)12-15-7-5-6-8-16(15)18-2/h5-8,14H,3-4,9-13,17H2,1-2H3. The zero-order valence-electron chi connectivity index (χ0n) is 12.2. The van der Waals surface area contributed by atoms with Crippen molar-refractivity contribution in [2.24, 2.45) is 11.7 Å². The van der Waals surface area contributed by atoms with Crippen LogP contribution in [0.3, 0.4) is 0 Å². The van der Waals surface area contributed by atoms with E-state index < -0.39 is 0 Å². The van der Waals surface area contributed by atoms with Crippen molar-refractivity contribution in [3.8, 4) is 5.75 Å². The van der Waals surface area contributed by atoms with Crippen molar-refractivity contribution in [2.45, 2.75) is 32.6 Å². The van der Waals surface area contributed by atoms with E-state index in [1.54, 1.807) is 7.11 Å². The Kier molecular flexibility index (Phi) is 8.26. The van der Waals surface area contributed by atoms with E-state index in [1.165, 1.54) is 12.0 Å². The monoisotopic (exact) mass is 265 g/mol. The number of rotatable bonds is 10. The molecule has 1 atom stereocenters. The van der Waals surface area contributed by atoms with Gasteiger partial charge in [-0.2, -0.15) is 0 Å². The minimum atomic E-state index is 0.456. The van der Waals surface area contributed by atoms with Gasteiger partial charge in [0.25, 0.3) is 0 Å². The molecule has 1 aromatic rings. The molecule has 0 saturated carbocycles. The molecule has 1 aromatic carbocycles. The summed E-state index contributed by atoms with van der Waals surface area (Å²) in [5, 5.41) is 0. The molecular formula is C16H27NO2. The molecule has 1 unspecified atom stereocenters. The summed E-state index contributed by atoms with van der Waals surface area (Å²) in [6, 6.07) is 8.15. The van der Waals surface area contributed by atoms with Gasteiger partial charge >= 0.3 is 0 Å². The largest absolute Gasteiger partial charge is 0.496 e. The van der Waals surface area contributed by atoms with E-state index in [4.69, 9.17) is 15.2 Å². The van der Waals surface area contributed by atoms with Crippen LogP contribution in [0, 0.1) is 5.92 Å². The third-order valence-corrected chi connectivity index (χ3v) is 3.35. The summed E-state index contributed by atoms with van der Waals surface area (Å²) in [4.78, 5) is 0. The summed E-state index contributed by atoms with van der Waals surface area (Å²) < 4.78 is 11.0. The van der Waals surface area contributed by atoms with Gasteiger partial charge in [-0.3, -0.25) is 0 Å². The molecule has 2 N–H and O–H groups in total. The van der Waals surface area contributed by atoms with Crippen molar-refractivity contribution in [3.05, 3.63) is 29.8 Å². The Balaban J connectivity index is 2.38. The lowest BCUT2D eigenvalue weighted by molar-refractivity contribution is 0.118. The molecule has 19 heavy (non-hydrogen) atoms. The highest BCUT2D eigenvalue weighted by atomic mass is 16.5. The Labute approximate surface area is 117 Å². The van der Waals surface area contributed by atoms with E-state index in [2.05, 4.69) is 13.0 Å². The number of methoxy groups -OCH3 is 1. The van der Waals surface area contributed by atoms with Crippen LogP contribution in [0.15, 0.2) is 24.3 Å². The van der Waals surface area contributed by atoms with E-state index in [0.29, 0.717) is 12.5 Å². The first-order chi connectivity index (χ1) is 9.31. The molecule has 0 saturated heterocycles. The fraction of sp³-hybridized carbons (Fsp3) is 0.625. The van der Waals surface area contributed by atoms with Crippen LogP contribution in [0.2, 0.25) is 0 Å². The van der Waals surface area contributed by atoms with Crippen LogP contribution in [-0.4, -0.2) is 26.9 Å². The smallest absolute Gasteiger partial charge is 0.122 e. The first-order valence-electron chi connectivity index (χ1n) is 7.21. The van der Waals surface area contributed by atoms with Gasteiger partial charge in [0.1, 0.15) is 5.75 Å². The Morgan fingerprint density at radius 1 is 1.21 bits per heavy atom. The van der Waals surface area contributed by atoms with E-state index in [9.17, 15) is 0 Å². The molecule has 108 valence electrons. The average molecular weight is 265 g/mol. The van der Waals surface area contributed by atoms with Gasteiger partial charge in [0, 0.05) is 13.2 Å². The molecule has 1 rings (SSSR count). The summed E-state index contributed by atoms with van der Waals surface area (Å²) in [6.07, 6.45) is 4.29. The second kappa shape index (κ2) is 9.82. The molecule has 0 fully saturated rings. The van der Waals surface area contributed by atoms with Crippen molar-refractivity contribution in [3.63, 3.8) is 0 Å². The van der Waals surface area contributed by atoms with E-state index in [-0.39, 0.29) is 0 Å². The third-order valence-electron chi connectivity index (χ3n) is 3.35. The van der Waals surface area contributed by atoms with Gasteiger partial charge in [-0.25, -0.2) is 0 Å². The molecule has 0 aliphatic carbocycles. The number of para-hydroxylation sites is 1. The van der Waals surface area contributed by atoms with E-state index in [0.717, 1.165) is 38.2 Å². The number of ether oxygens (including phenoxy) is 2. The number of unbranched alkanes of at least 4 members (excludes halogenated alkanes) is 1. The van der Waals surface area contributed by atoms with Gasteiger partial charge in [0.2, 0.25) is 0 Å². The highest BCUT2D eigenvalue weighted by Gasteiger charge is 2.11. The summed E-state index contributed by atoms with van der Waals surface area (Å²) in [6.45, 7) is 4.53. The number of hydrogen-bond acceptors (Lipinski definition) is 3. The highest BCUT2D eigenvalue weighted by molar-refractivity contribution is 5.33. The lowest BCUT2D eigenvalue weighted by Crippen LogP contribution is -2.19. The number of benzene rings is 1. The Hall–Kier alpha value is -1.06. The minimum Gasteiger partial charge on any atom is -0.496 e. The SMILES string of the molecule is CCCCOCCC(CN)Cc1ccccc1OC. The minimum absolute atomic E-state index is 0.456. The van der Waals surface area contributed by atoms with Crippen LogP contribution in [-0.2, 0) is 11.2 Å². The molecule has 3 nitrogen and oxygen atoms in total. The molecule has 0 bridgehead atoms. The van der Waals surface area contributed by atoms with Gasteiger partial charge in [-0.1, -0.05) is 31.5 Å². The molecular weight excluding hydrogens is 238 g/mol. The summed E-state index contributed by atoms with van der Waals surface area (Å²) in [7, 11) is 1.71. The van der Waals surface area contributed by atoms with Crippen LogP contribution in [0.5, 0.6) is 5.75 Å². The van der Waals surface area contributed by atoms with Crippen molar-refractivity contribution in [2.75, 3.05) is 26.9 Å². The van der Waals surface area contributed by atoms with Gasteiger partial charge in [-0.05, 0) is 43.4 Å². The normalized spacial score (nSPS) is 12.4. The number of nitrogens with two attached hydrogens (primary N) is 1. The molecule has 0 radical (unpaired) electrons. The van der Waals surface area contributed by atoms with Crippen LogP contribution >= 0.6 is 0 Å². The third kappa shape index (κ3) is 6.08. The maximum atomic E-state index is 5.86. The van der Waals surface area contributed by atoms with E-state index in [1.807, 2.05) is 18.2 Å². The molecule has 0 amide bonds. The lowest BCUT2D eigenvalue weighted by atomic mass is 9.96. The maximum absolute atomic E-state index is 5.86. The second-order valence-electron chi connectivity index (χ2n) is 4.87. The lowest BCUT2D eigenvalue weighted by Gasteiger charge is -2.16. The van der Waals surface area contributed by atoms with Crippen molar-refractivity contribution in [1.82, 2.24) is 0 Å². The first kappa shape index (κ1) is 16.0. The Morgan fingerprint density at radius 2 is 2.00 bits per heavy atom. The summed E-state index contributed by atoms with van der Waals surface area (Å²) in [5.74, 6) is 1.41. The summed E-state index contributed by atoms with van der Waals surface area (Å²) >= 11 is 0.